The molecule has 0 bridgehead atoms. The summed E-state index contributed by atoms with van der Waals surface area (Å²) in [6.07, 6.45) is 1.35. The van der Waals surface area contributed by atoms with Gasteiger partial charge in [-0.3, -0.25) is 4.79 Å². The zero-order chi connectivity index (χ0) is 18.2. The molecule has 2 rings (SSSR count). The molecule has 9 heteroatoms. The maximum atomic E-state index is 13.3. The smallest absolute Gasteiger partial charge is 0.300 e. The van der Waals surface area contributed by atoms with Gasteiger partial charge in [-0.05, 0) is 25.0 Å². The van der Waals surface area contributed by atoms with Crippen LogP contribution in [0.4, 0.5) is 4.39 Å². The number of sulfonamides is 1. The van der Waals surface area contributed by atoms with Crippen LogP contribution >= 0.6 is 0 Å². The molecule has 7 nitrogen and oxygen atoms in total. The minimum atomic E-state index is -3.36. The van der Waals surface area contributed by atoms with Gasteiger partial charge in [0.05, 0.1) is 5.75 Å². The molecule has 1 heterocycles. The molecule has 136 valence electrons. The number of nitrogens with two attached hydrogens (primary N) is 1. The molecule has 24 heavy (non-hydrogen) atoms. The van der Waals surface area contributed by atoms with Gasteiger partial charge in [-0.2, -0.15) is 0 Å². The number of benzene rings is 1. The standard InChI is InChI=1S/C13H19FN2O3S.C2H4O2/c14-12-3-1-2-4-13(12)19-9-10-20(17,18)16-7-5-11(15)6-8-16;1-2(3)4/h1-4,11H,5-10,15H2;1H3,(H,3,4). The molecule has 0 unspecified atom stereocenters. The number of hydrogen-bond donors (Lipinski definition) is 2. The van der Waals surface area contributed by atoms with Gasteiger partial charge < -0.3 is 15.6 Å². The van der Waals surface area contributed by atoms with Gasteiger partial charge >= 0.3 is 0 Å². The number of carboxylic acids is 1. The highest BCUT2D eigenvalue weighted by Gasteiger charge is 2.26. The van der Waals surface area contributed by atoms with Crippen molar-refractivity contribution in [3.8, 4) is 5.75 Å². The molecule has 3 N–H and O–H groups in total. The fourth-order valence-electron chi connectivity index (χ4n) is 2.10. The van der Waals surface area contributed by atoms with Crippen LogP contribution in [-0.2, 0) is 14.8 Å². The first-order chi connectivity index (χ1) is 11.2. The Kier molecular flexibility index (Phi) is 8.09. The third-order valence-electron chi connectivity index (χ3n) is 3.33. The molecule has 0 saturated carbocycles. The third kappa shape index (κ3) is 7.24. The van der Waals surface area contributed by atoms with E-state index in [1.54, 1.807) is 12.1 Å². The zero-order valence-corrected chi connectivity index (χ0v) is 14.3. The van der Waals surface area contributed by atoms with E-state index in [0.717, 1.165) is 6.92 Å². The second-order valence-electron chi connectivity index (χ2n) is 5.35. The molecular formula is C15H23FN2O5S. The van der Waals surface area contributed by atoms with E-state index >= 15 is 0 Å². The predicted octanol–water partition coefficient (Wildman–Crippen LogP) is 1.05. The summed E-state index contributed by atoms with van der Waals surface area (Å²) in [7, 11) is -3.36. The van der Waals surface area contributed by atoms with Gasteiger partial charge in [0.15, 0.2) is 11.6 Å². The number of piperidine rings is 1. The fourth-order valence-corrected chi connectivity index (χ4v) is 3.42. The van der Waals surface area contributed by atoms with Crippen molar-refractivity contribution in [2.75, 3.05) is 25.4 Å². The summed E-state index contributed by atoms with van der Waals surface area (Å²) < 4.78 is 44.1. The van der Waals surface area contributed by atoms with E-state index in [1.165, 1.54) is 16.4 Å². The average Bonchev–Trinajstić information content (AvgIpc) is 2.49. The van der Waals surface area contributed by atoms with E-state index < -0.39 is 21.8 Å². The van der Waals surface area contributed by atoms with Crippen LogP contribution in [0.1, 0.15) is 19.8 Å². The maximum absolute atomic E-state index is 13.3. The van der Waals surface area contributed by atoms with Crippen LogP contribution in [0.15, 0.2) is 24.3 Å². The molecular weight excluding hydrogens is 339 g/mol. The Hall–Kier alpha value is -1.71. The van der Waals surface area contributed by atoms with Crippen molar-refractivity contribution < 1.29 is 27.4 Å². The molecule has 1 aromatic rings. The number of rotatable bonds is 5. The SMILES string of the molecule is CC(=O)O.NC1CCN(S(=O)(=O)CCOc2ccccc2F)CC1. The number of hydrogen-bond acceptors (Lipinski definition) is 5. The lowest BCUT2D eigenvalue weighted by atomic mass is 10.1. The van der Waals surface area contributed by atoms with Gasteiger partial charge in [0.25, 0.3) is 5.97 Å². The zero-order valence-electron chi connectivity index (χ0n) is 13.5. The van der Waals surface area contributed by atoms with Gasteiger partial charge in [0.2, 0.25) is 10.0 Å². The molecule has 0 aliphatic carbocycles. The summed E-state index contributed by atoms with van der Waals surface area (Å²) in [5.41, 5.74) is 5.75. The first-order valence-electron chi connectivity index (χ1n) is 7.52. The second kappa shape index (κ2) is 9.55. The summed E-state index contributed by atoms with van der Waals surface area (Å²) in [5.74, 6) is -1.41. The normalized spacial score (nSPS) is 16.1. The number of para-hydroxylation sites is 1. The quantitative estimate of drug-likeness (QED) is 0.810. The molecule has 0 amide bonds. The van der Waals surface area contributed by atoms with Gasteiger partial charge in [-0.25, -0.2) is 17.1 Å². The Labute approximate surface area is 141 Å². The van der Waals surface area contributed by atoms with Gasteiger partial charge in [0, 0.05) is 26.1 Å². The van der Waals surface area contributed by atoms with E-state index in [9.17, 15) is 12.8 Å². The van der Waals surface area contributed by atoms with Crippen LogP contribution in [-0.4, -0.2) is 55.3 Å². The van der Waals surface area contributed by atoms with E-state index in [0.29, 0.717) is 25.9 Å². The van der Waals surface area contributed by atoms with Gasteiger partial charge in [-0.1, -0.05) is 12.1 Å². The minimum absolute atomic E-state index is 0.0637. The topological polar surface area (TPSA) is 110 Å². The third-order valence-corrected chi connectivity index (χ3v) is 5.16. The van der Waals surface area contributed by atoms with Crippen molar-refractivity contribution in [2.45, 2.75) is 25.8 Å². The largest absolute Gasteiger partial charge is 0.489 e. The Morgan fingerprint density at radius 2 is 1.92 bits per heavy atom. The highest BCUT2D eigenvalue weighted by molar-refractivity contribution is 7.89. The molecule has 1 fully saturated rings. The molecule has 1 aromatic carbocycles. The van der Waals surface area contributed by atoms with Crippen LogP contribution in [0, 0.1) is 5.82 Å². The van der Waals surface area contributed by atoms with Crippen molar-refractivity contribution >= 4 is 16.0 Å². The molecule has 1 aliphatic rings. The predicted molar refractivity (Wildman–Crippen MR) is 87.8 cm³/mol. The van der Waals surface area contributed by atoms with Crippen molar-refractivity contribution in [3.63, 3.8) is 0 Å². The van der Waals surface area contributed by atoms with Crippen LogP contribution < -0.4 is 10.5 Å². The van der Waals surface area contributed by atoms with Crippen LogP contribution in [0.2, 0.25) is 0 Å². The lowest BCUT2D eigenvalue weighted by molar-refractivity contribution is -0.134. The van der Waals surface area contributed by atoms with E-state index in [-0.39, 0.29) is 24.2 Å². The average molecular weight is 362 g/mol. The molecule has 0 atom stereocenters. The molecule has 0 radical (unpaired) electrons. The van der Waals surface area contributed by atoms with Gasteiger partial charge in [0.1, 0.15) is 6.61 Å². The summed E-state index contributed by atoms with van der Waals surface area (Å²) in [5, 5.41) is 7.42. The summed E-state index contributed by atoms with van der Waals surface area (Å²) in [4.78, 5) is 9.00. The van der Waals surface area contributed by atoms with E-state index in [1.807, 2.05) is 0 Å². The van der Waals surface area contributed by atoms with Crippen molar-refractivity contribution in [2.24, 2.45) is 5.73 Å². The highest BCUT2D eigenvalue weighted by Crippen LogP contribution is 2.16. The molecule has 0 aromatic heterocycles. The van der Waals surface area contributed by atoms with Crippen LogP contribution in [0.25, 0.3) is 0 Å². The maximum Gasteiger partial charge on any atom is 0.300 e. The number of halogens is 1. The van der Waals surface area contributed by atoms with E-state index in [4.69, 9.17) is 20.4 Å². The molecule has 1 aliphatic heterocycles. The molecule has 1 saturated heterocycles. The molecule has 0 spiro atoms. The monoisotopic (exact) mass is 362 g/mol. The number of carboxylic acid groups (broad SMARTS) is 1. The number of aliphatic carboxylic acids is 1. The summed E-state index contributed by atoms with van der Waals surface area (Å²) in [6, 6.07) is 6.02. The first-order valence-corrected chi connectivity index (χ1v) is 9.13. The number of carbonyl (C=O) groups is 1. The lowest BCUT2D eigenvalue weighted by Gasteiger charge is -2.29. The van der Waals surface area contributed by atoms with Crippen molar-refractivity contribution in [3.05, 3.63) is 30.1 Å². The van der Waals surface area contributed by atoms with Gasteiger partial charge in [-0.15, -0.1) is 0 Å². The Balaban J connectivity index is 0.000000648. The minimum Gasteiger partial charge on any atom is -0.489 e. The van der Waals surface area contributed by atoms with Crippen LogP contribution in [0.5, 0.6) is 5.75 Å². The fraction of sp³-hybridized carbons (Fsp3) is 0.533. The number of nitrogens with zero attached hydrogens (tertiary/aromatic N) is 1. The Morgan fingerprint density at radius 1 is 1.38 bits per heavy atom. The summed E-state index contributed by atoms with van der Waals surface area (Å²) >= 11 is 0. The summed E-state index contributed by atoms with van der Waals surface area (Å²) in [6.45, 7) is 1.91. The Bertz CT molecular complexity index is 627. The second-order valence-corrected chi connectivity index (χ2v) is 7.44. The van der Waals surface area contributed by atoms with Crippen LogP contribution in [0.3, 0.4) is 0 Å². The van der Waals surface area contributed by atoms with Crippen molar-refractivity contribution in [1.82, 2.24) is 4.31 Å². The highest BCUT2D eigenvalue weighted by atomic mass is 32.2. The lowest BCUT2D eigenvalue weighted by Crippen LogP contribution is -2.44. The number of ether oxygens (including phenoxy) is 1. The Morgan fingerprint density at radius 3 is 2.46 bits per heavy atom. The van der Waals surface area contributed by atoms with E-state index in [2.05, 4.69) is 0 Å². The van der Waals surface area contributed by atoms with Crippen molar-refractivity contribution in [1.29, 1.82) is 0 Å². The first kappa shape index (κ1) is 20.3.